The zero-order valence-corrected chi connectivity index (χ0v) is 12.2. The minimum Gasteiger partial charge on any atom is -0.370 e. The highest BCUT2D eigenvalue weighted by Crippen LogP contribution is 2.06. The van der Waals surface area contributed by atoms with Gasteiger partial charge in [-0.1, -0.05) is 6.92 Å². The number of hydrogen-bond acceptors (Lipinski definition) is 5. The molecule has 1 aromatic heterocycles. The van der Waals surface area contributed by atoms with E-state index in [1.165, 1.54) is 0 Å². The van der Waals surface area contributed by atoms with Crippen molar-refractivity contribution in [3.8, 4) is 0 Å². The van der Waals surface area contributed by atoms with E-state index >= 15 is 0 Å². The Morgan fingerprint density at radius 2 is 2.15 bits per heavy atom. The summed E-state index contributed by atoms with van der Waals surface area (Å²) in [7, 11) is -3.47. The molecule has 0 bridgehead atoms. The van der Waals surface area contributed by atoms with E-state index in [0.29, 0.717) is 11.4 Å². The molecule has 0 radical (unpaired) electrons. The van der Waals surface area contributed by atoms with Gasteiger partial charge in [-0.25, -0.2) is 18.5 Å². The molecule has 1 amide bonds. The Bertz CT molecular complexity index is 545. The van der Waals surface area contributed by atoms with Crippen molar-refractivity contribution in [3.05, 3.63) is 23.9 Å². The largest absolute Gasteiger partial charge is 0.370 e. The molecule has 0 spiro atoms. The summed E-state index contributed by atoms with van der Waals surface area (Å²) in [6.07, 6.45) is 2.81. The molecule has 0 aliphatic heterocycles. The number of nitrogens with zero attached hydrogens (tertiary/aromatic N) is 1. The lowest BCUT2D eigenvalue weighted by Crippen LogP contribution is -2.27. The molecule has 0 aliphatic rings. The van der Waals surface area contributed by atoms with E-state index in [9.17, 15) is 13.2 Å². The van der Waals surface area contributed by atoms with E-state index < -0.39 is 10.0 Å². The number of rotatable bonds is 8. The summed E-state index contributed by atoms with van der Waals surface area (Å²) in [6.45, 7) is 3.08. The van der Waals surface area contributed by atoms with Gasteiger partial charge in [0.15, 0.2) is 0 Å². The lowest BCUT2D eigenvalue weighted by Gasteiger charge is -2.07. The summed E-state index contributed by atoms with van der Waals surface area (Å²) in [5, 5.41) is 10.6. The number of hydrogen-bond donors (Lipinski definition) is 3. The van der Waals surface area contributed by atoms with Crippen molar-refractivity contribution >= 4 is 21.7 Å². The van der Waals surface area contributed by atoms with Crippen molar-refractivity contribution in [1.29, 1.82) is 0 Å². The van der Waals surface area contributed by atoms with Crippen LogP contribution < -0.4 is 15.8 Å². The molecule has 7 nitrogen and oxygen atoms in total. The van der Waals surface area contributed by atoms with Crippen molar-refractivity contribution < 1.29 is 13.2 Å². The third kappa shape index (κ3) is 6.48. The van der Waals surface area contributed by atoms with Gasteiger partial charge in [0.2, 0.25) is 10.0 Å². The molecule has 1 rings (SSSR count). The molecule has 4 N–H and O–H groups in total. The van der Waals surface area contributed by atoms with Gasteiger partial charge >= 0.3 is 0 Å². The number of carbonyl (C=O) groups excluding carboxylic acids is 1. The van der Waals surface area contributed by atoms with E-state index in [1.807, 2.05) is 6.92 Å². The van der Waals surface area contributed by atoms with Crippen LogP contribution in [-0.4, -0.2) is 38.2 Å². The molecule has 1 heterocycles. The molecule has 8 heteroatoms. The first kappa shape index (κ1) is 16.4. The molecule has 0 fully saturated rings. The van der Waals surface area contributed by atoms with Crippen LogP contribution in [0.3, 0.4) is 0 Å². The Morgan fingerprint density at radius 1 is 1.40 bits per heavy atom. The van der Waals surface area contributed by atoms with Crippen molar-refractivity contribution in [2.24, 2.45) is 5.14 Å². The predicted octanol–water partition coefficient (Wildman–Crippen LogP) is 0.312. The molecule has 1 aromatic rings. The summed E-state index contributed by atoms with van der Waals surface area (Å²) < 4.78 is 21.5. The lowest BCUT2D eigenvalue weighted by atomic mass is 10.2. The normalized spacial score (nSPS) is 11.1. The molecule has 112 valence electrons. The number of anilines is 1. The summed E-state index contributed by atoms with van der Waals surface area (Å²) >= 11 is 0. The fourth-order valence-electron chi connectivity index (χ4n) is 1.50. The maximum Gasteiger partial charge on any atom is 0.251 e. The van der Waals surface area contributed by atoms with Gasteiger partial charge in [-0.2, -0.15) is 0 Å². The quantitative estimate of drug-likeness (QED) is 0.598. The number of amides is 1. The van der Waals surface area contributed by atoms with Crippen molar-refractivity contribution in [2.45, 2.75) is 19.8 Å². The van der Waals surface area contributed by atoms with Crippen LogP contribution in [0, 0.1) is 0 Å². The van der Waals surface area contributed by atoms with Crippen LogP contribution in [0.2, 0.25) is 0 Å². The second-order valence-electron chi connectivity index (χ2n) is 4.33. The SMILES string of the molecule is CCCNc1cc(C(=O)NCCCS(N)(=O)=O)ccn1. The highest BCUT2D eigenvalue weighted by Gasteiger charge is 2.07. The average molecular weight is 300 g/mol. The maximum absolute atomic E-state index is 11.8. The Kier molecular flexibility index (Phi) is 6.40. The van der Waals surface area contributed by atoms with Gasteiger partial charge < -0.3 is 10.6 Å². The second-order valence-corrected chi connectivity index (χ2v) is 6.07. The number of sulfonamides is 1. The average Bonchev–Trinajstić information content (AvgIpc) is 2.40. The smallest absolute Gasteiger partial charge is 0.251 e. The highest BCUT2D eigenvalue weighted by molar-refractivity contribution is 7.89. The number of nitrogens with one attached hydrogen (secondary N) is 2. The lowest BCUT2D eigenvalue weighted by molar-refractivity contribution is 0.0953. The minimum atomic E-state index is -3.47. The Morgan fingerprint density at radius 3 is 2.80 bits per heavy atom. The number of carbonyl (C=O) groups is 1. The van der Waals surface area contributed by atoms with Crippen LogP contribution in [0.5, 0.6) is 0 Å². The van der Waals surface area contributed by atoms with Crippen LogP contribution in [0.1, 0.15) is 30.1 Å². The monoisotopic (exact) mass is 300 g/mol. The molecule has 0 atom stereocenters. The molecule has 20 heavy (non-hydrogen) atoms. The van der Waals surface area contributed by atoms with Crippen LogP contribution in [0.25, 0.3) is 0 Å². The number of primary sulfonamides is 1. The van der Waals surface area contributed by atoms with Gasteiger partial charge in [0.25, 0.3) is 5.91 Å². The molecular weight excluding hydrogens is 280 g/mol. The standard InChI is InChI=1S/C12H20N4O3S/c1-2-5-14-11-9-10(4-7-15-11)12(17)16-6-3-8-20(13,18)19/h4,7,9H,2-3,5-6,8H2,1H3,(H,14,15)(H,16,17)(H2,13,18,19). The van der Waals surface area contributed by atoms with Gasteiger partial charge in [0, 0.05) is 24.8 Å². The zero-order chi connectivity index (χ0) is 15.0. The van der Waals surface area contributed by atoms with Crippen LogP contribution in [0.15, 0.2) is 18.3 Å². The van der Waals surface area contributed by atoms with Crippen molar-refractivity contribution in [2.75, 3.05) is 24.2 Å². The summed E-state index contributed by atoms with van der Waals surface area (Å²) in [5.74, 6) is 0.234. The van der Waals surface area contributed by atoms with E-state index in [1.54, 1.807) is 18.3 Å². The molecular formula is C12H20N4O3S. The first-order valence-corrected chi connectivity index (χ1v) is 8.12. The fourth-order valence-corrected chi connectivity index (χ4v) is 2.05. The van der Waals surface area contributed by atoms with Gasteiger partial charge in [0.05, 0.1) is 5.75 Å². The summed E-state index contributed by atoms with van der Waals surface area (Å²) in [6, 6.07) is 3.26. The third-order valence-corrected chi connectivity index (χ3v) is 3.33. The van der Waals surface area contributed by atoms with Crippen molar-refractivity contribution in [3.63, 3.8) is 0 Å². The molecule has 0 aromatic carbocycles. The Labute approximate surface area is 119 Å². The number of aromatic nitrogens is 1. The first-order chi connectivity index (χ1) is 9.42. The van der Waals surface area contributed by atoms with Gasteiger partial charge in [-0.05, 0) is 25.0 Å². The molecule has 0 unspecified atom stereocenters. The van der Waals surface area contributed by atoms with Gasteiger partial charge in [0.1, 0.15) is 5.82 Å². The van der Waals surface area contributed by atoms with E-state index in [4.69, 9.17) is 5.14 Å². The summed E-state index contributed by atoms with van der Waals surface area (Å²) in [4.78, 5) is 15.9. The highest BCUT2D eigenvalue weighted by atomic mass is 32.2. The summed E-state index contributed by atoms with van der Waals surface area (Å²) in [5.41, 5.74) is 0.481. The van der Waals surface area contributed by atoms with Gasteiger partial charge in [-0.15, -0.1) is 0 Å². The van der Waals surface area contributed by atoms with Crippen LogP contribution in [0.4, 0.5) is 5.82 Å². The van der Waals surface area contributed by atoms with E-state index in [-0.39, 0.29) is 24.6 Å². The topological polar surface area (TPSA) is 114 Å². The Balaban J connectivity index is 2.46. The first-order valence-electron chi connectivity index (χ1n) is 6.41. The minimum absolute atomic E-state index is 0.146. The predicted molar refractivity (Wildman–Crippen MR) is 77.9 cm³/mol. The second kappa shape index (κ2) is 7.81. The molecule has 0 saturated carbocycles. The zero-order valence-electron chi connectivity index (χ0n) is 11.4. The molecule has 0 saturated heterocycles. The van der Waals surface area contributed by atoms with Crippen molar-refractivity contribution in [1.82, 2.24) is 10.3 Å². The number of nitrogens with two attached hydrogens (primary N) is 1. The van der Waals surface area contributed by atoms with Gasteiger partial charge in [-0.3, -0.25) is 4.79 Å². The van der Waals surface area contributed by atoms with Crippen LogP contribution >= 0.6 is 0 Å². The van der Waals surface area contributed by atoms with E-state index in [0.717, 1.165) is 13.0 Å². The number of pyridine rings is 1. The molecule has 0 aliphatic carbocycles. The van der Waals surface area contributed by atoms with Crippen LogP contribution in [-0.2, 0) is 10.0 Å². The van der Waals surface area contributed by atoms with E-state index in [2.05, 4.69) is 15.6 Å². The maximum atomic E-state index is 11.8. The third-order valence-electron chi connectivity index (χ3n) is 2.47. The Hall–Kier alpha value is -1.67. The fraction of sp³-hybridized carbons (Fsp3) is 0.500.